The maximum atomic E-state index is 15.0. The van der Waals surface area contributed by atoms with E-state index in [9.17, 15) is 19.5 Å². The van der Waals surface area contributed by atoms with Crippen LogP contribution in [0.4, 0.5) is 5.69 Å². The van der Waals surface area contributed by atoms with Crippen molar-refractivity contribution in [2.45, 2.75) is 62.1 Å². The fourth-order valence-corrected chi connectivity index (χ4v) is 8.39. The highest BCUT2D eigenvalue weighted by atomic mass is 79.9. The number of ether oxygens (including phenoxy) is 4. The molecule has 0 saturated carbocycles. The third-order valence-electron chi connectivity index (χ3n) is 10.0. The van der Waals surface area contributed by atoms with Crippen molar-refractivity contribution in [2.75, 3.05) is 38.9 Å². The highest BCUT2D eigenvalue weighted by Gasteiger charge is 2.75. The number of fused-ring (bicyclic) bond motifs is 2. The summed E-state index contributed by atoms with van der Waals surface area (Å²) in [7, 11) is 3.05. The number of carbonyl (C=O) groups is 4. The number of carbonyl (C=O) groups excluding carboxylic acids is 4. The van der Waals surface area contributed by atoms with Gasteiger partial charge in [-0.15, -0.1) is 0 Å². The highest BCUT2D eigenvalue weighted by molar-refractivity contribution is 9.11. The molecule has 2 N–H and O–H groups in total. The highest BCUT2D eigenvalue weighted by Crippen LogP contribution is 2.59. The summed E-state index contributed by atoms with van der Waals surface area (Å²) in [5.74, 6) is -3.56. The Bertz CT molecular complexity index is 1650. The average molecular weight is 753 g/mol. The second-order valence-electron chi connectivity index (χ2n) is 12.9. The molecule has 266 valence electrons. The van der Waals surface area contributed by atoms with E-state index in [1.807, 2.05) is 19.1 Å². The minimum absolute atomic E-state index is 0.0464. The van der Waals surface area contributed by atoms with Crippen LogP contribution in [0.1, 0.15) is 37.9 Å². The van der Waals surface area contributed by atoms with Crippen LogP contribution in [-0.2, 0) is 33.4 Å². The van der Waals surface area contributed by atoms with Crippen LogP contribution in [0.5, 0.6) is 5.75 Å². The molecule has 6 rings (SSSR count). The average Bonchev–Trinajstić information content (AvgIpc) is 3.72. The summed E-state index contributed by atoms with van der Waals surface area (Å²) in [6.45, 7) is 1.60. The number of rotatable bonds is 8. The van der Waals surface area contributed by atoms with Crippen LogP contribution in [0.2, 0.25) is 0 Å². The Morgan fingerprint density at radius 2 is 1.76 bits per heavy atom. The van der Waals surface area contributed by atoms with E-state index in [4.69, 9.17) is 18.9 Å². The zero-order chi connectivity index (χ0) is 35.6. The lowest BCUT2D eigenvalue weighted by Gasteiger charge is -2.38. The standard InChI is InChI=1S/C37H42BrN3O9/c1-4-23(20-42)41-33-35(45)40(24-14-16-25(48-3)17-15-24)18-10-6-9-13-28(43)39-27(21-47-2)31(22-11-7-5-8-12-22)49-36(46)29-30(34(41)44)37(33)19-26(38)32(29)50-37/h5-8,10-12,14-17,19,23,27,29-33,42H,4,9,13,18,20-21H2,1-3H3,(H,39,43)/b10-6-/t23-,27-,29+,30-,31-,32+,33+,37-/m0/s1. The third kappa shape index (κ3) is 6.36. The van der Waals surface area contributed by atoms with E-state index >= 15 is 4.79 Å². The Kier molecular flexibility index (Phi) is 10.8. The number of nitrogens with one attached hydrogen (secondary N) is 1. The second-order valence-corrected chi connectivity index (χ2v) is 13.8. The Morgan fingerprint density at radius 1 is 1.02 bits per heavy atom. The minimum Gasteiger partial charge on any atom is -0.497 e. The van der Waals surface area contributed by atoms with Gasteiger partial charge in [-0.3, -0.25) is 19.2 Å². The quantitative estimate of drug-likeness (QED) is 0.306. The molecule has 4 heterocycles. The summed E-state index contributed by atoms with van der Waals surface area (Å²) in [5, 5.41) is 13.5. The van der Waals surface area contributed by atoms with Crippen molar-refractivity contribution in [1.29, 1.82) is 0 Å². The summed E-state index contributed by atoms with van der Waals surface area (Å²) in [4.78, 5) is 60.4. The topological polar surface area (TPSA) is 144 Å². The number of methoxy groups -OCH3 is 2. The van der Waals surface area contributed by atoms with E-state index in [0.717, 1.165) is 0 Å². The number of likely N-dealkylation sites (tertiary alicyclic amines) is 1. The van der Waals surface area contributed by atoms with Crippen LogP contribution in [0.3, 0.4) is 0 Å². The van der Waals surface area contributed by atoms with Crippen molar-refractivity contribution in [3.63, 3.8) is 0 Å². The van der Waals surface area contributed by atoms with Gasteiger partial charge in [0, 0.05) is 30.2 Å². The molecular weight excluding hydrogens is 710 g/mol. The van der Waals surface area contributed by atoms with Gasteiger partial charge in [0.2, 0.25) is 11.8 Å². The predicted molar refractivity (Wildman–Crippen MR) is 186 cm³/mol. The van der Waals surface area contributed by atoms with Crippen molar-refractivity contribution in [2.24, 2.45) is 11.8 Å². The Hall–Kier alpha value is -4.04. The first-order valence-electron chi connectivity index (χ1n) is 16.8. The van der Waals surface area contributed by atoms with Crippen molar-refractivity contribution in [1.82, 2.24) is 10.2 Å². The Labute approximate surface area is 299 Å². The lowest BCUT2D eigenvalue weighted by atomic mass is 9.74. The van der Waals surface area contributed by atoms with Crippen LogP contribution >= 0.6 is 15.9 Å². The maximum Gasteiger partial charge on any atom is 0.313 e. The second kappa shape index (κ2) is 15.1. The summed E-state index contributed by atoms with van der Waals surface area (Å²) in [6, 6.07) is 13.3. The molecule has 0 radical (unpaired) electrons. The maximum absolute atomic E-state index is 15.0. The van der Waals surface area contributed by atoms with Gasteiger partial charge in [0.15, 0.2) is 0 Å². The van der Waals surface area contributed by atoms with Crippen LogP contribution in [0, 0.1) is 11.8 Å². The molecule has 2 saturated heterocycles. The van der Waals surface area contributed by atoms with Crippen molar-refractivity contribution in [3.8, 4) is 5.75 Å². The lowest BCUT2D eigenvalue weighted by molar-refractivity contribution is -0.162. The lowest BCUT2D eigenvalue weighted by Crippen LogP contribution is -2.58. The number of hydrogen-bond acceptors (Lipinski definition) is 9. The number of benzene rings is 2. The molecule has 2 fully saturated rings. The molecule has 4 aliphatic rings. The van der Waals surface area contributed by atoms with E-state index < -0.39 is 72.2 Å². The van der Waals surface area contributed by atoms with E-state index in [0.29, 0.717) is 34.3 Å². The Morgan fingerprint density at radius 3 is 2.42 bits per heavy atom. The number of halogens is 1. The molecule has 5 bridgehead atoms. The fourth-order valence-electron chi connectivity index (χ4n) is 7.65. The number of nitrogens with zero attached hydrogens (tertiary/aromatic N) is 2. The normalized spacial score (nSPS) is 31.2. The molecule has 3 amide bonds. The molecule has 12 nitrogen and oxygen atoms in total. The summed E-state index contributed by atoms with van der Waals surface area (Å²) >= 11 is 3.59. The van der Waals surface area contributed by atoms with Gasteiger partial charge in [-0.05, 0) is 48.7 Å². The molecular formula is C37H42BrN3O9. The van der Waals surface area contributed by atoms with Crippen LogP contribution in [0.15, 0.2) is 77.3 Å². The predicted octanol–water partition coefficient (Wildman–Crippen LogP) is 3.44. The first-order chi connectivity index (χ1) is 24.2. The molecule has 1 spiro atoms. The van der Waals surface area contributed by atoms with E-state index in [2.05, 4.69) is 21.2 Å². The zero-order valence-electron chi connectivity index (χ0n) is 28.2. The largest absolute Gasteiger partial charge is 0.497 e. The number of cyclic esters (lactones) is 1. The molecule has 0 aliphatic carbocycles. The first kappa shape index (κ1) is 35.8. The number of allylic oxidation sites excluding steroid dienone is 1. The summed E-state index contributed by atoms with van der Waals surface area (Å²) in [5.41, 5.74) is -0.363. The van der Waals surface area contributed by atoms with Gasteiger partial charge in [0.1, 0.15) is 35.5 Å². The monoisotopic (exact) mass is 751 g/mol. The molecule has 50 heavy (non-hydrogen) atoms. The van der Waals surface area contributed by atoms with Gasteiger partial charge < -0.3 is 39.2 Å². The molecule has 4 aliphatic heterocycles. The van der Waals surface area contributed by atoms with Crippen molar-refractivity contribution >= 4 is 45.3 Å². The van der Waals surface area contributed by atoms with Crippen LogP contribution in [-0.4, -0.2) is 97.5 Å². The van der Waals surface area contributed by atoms with E-state index in [1.54, 1.807) is 72.7 Å². The number of amides is 3. The smallest absolute Gasteiger partial charge is 0.313 e. The molecule has 13 heteroatoms. The number of esters is 1. The van der Waals surface area contributed by atoms with Gasteiger partial charge in [-0.25, -0.2) is 0 Å². The number of hydrogen-bond donors (Lipinski definition) is 2. The molecule has 0 unspecified atom stereocenters. The summed E-state index contributed by atoms with van der Waals surface area (Å²) < 4.78 is 24.3. The van der Waals surface area contributed by atoms with Crippen LogP contribution < -0.4 is 15.0 Å². The Balaban J connectivity index is 1.49. The van der Waals surface area contributed by atoms with Gasteiger partial charge in [0.25, 0.3) is 5.91 Å². The van der Waals surface area contributed by atoms with Gasteiger partial charge in [-0.1, -0.05) is 65.3 Å². The minimum atomic E-state index is -1.53. The fraction of sp³-hybridized carbons (Fsp3) is 0.459. The van der Waals surface area contributed by atoms with Gasteiger partial charge in [0.05, 0.1) is 38.3 Å². The van der Waals surface area contributed by atoms with Crippen LogP contribution in [0.25, 0.3) is 0 Å². The van der Waals surface area contributed by atoms with E-state index in [1.165, 1.54) is 12.0 Å². The van der Waals surface area contributed by atoms with Crippen molar-refractivity contribution < 1.29 is 43.2 Å². The first-order valence-corrected chi connectivity index (χ1v) is 17.6. The number of aliphatic hydroxyl groups is 1. The molecule has 0 aromatic heterocycles. The SMILES string of the molecule is CC[C@@H](CO)N1C(=O)[C@@H]2[C@H]3C(=O)O[C@@H](c4ccccc4)[C@H](COC)NC(=O)CC/C=C\CN(c4ccc(OC)cc4)C(=O)[C@@H]1[C@]21C=C(Br)[C@H]3O1. The van der Waals surface area contributed by atoms with E-state index in [-0.39, 0.29) is 25.5 Å². The van der Waals surface area contributed by atoms with Crippen molar-refractivity contribution in [3.05, 3.63) is 82.9 Å². The third-order valence-corrected chi connectivity index (χ3v) is 10.7. The van der Waals surface area contributed by atoms with Gasteiger partial charge >= 0.3 is 5.97 Å². The molecule has 8 atom stereocenters. The zero-order valence-corrected chi connectivity index (χ0v) is 29.8. The molecule has 2 aromatic rings. The molecule has 2 aromatic carbocycles. The number of anilines is 1. The summed E-state index contributed by atoms with van der Waals surface area (Å²) in [6.07, 6.45) is 4.37. The number of aliphatic hydroxyl groups excluding tert-OH is 1. The van der Waals surface area contributed by atoms with Gasteiger partial charge in [-0.2, -0.15) is 0 Å².